The Morgan fingerprint density at radius 3 is 2.91 bits per heavy atom. The lowest BCUT2D eigenvalue weighted by Gasteiger charge is -2.04. The van der Waals surface area contributed by atoms with Gasteiger partial charge < -0.3 is 14.6 Å². The van der Waals surface area contributed by atoms with E-state index in [2.05, 4.69) is 15.5 Å². The third-order valence-electron chi connectivity index (χ3n) is 2.46. The Balaban J connectivity index is 1.61. The number of pyridine rings is 1. The third kappa shape index (κ3) is 5.57. The number of thioether (sulfide) groups is 1. The molecule has 0 spiro atoms. The third-order valence-corrected chi connectivity index (χ3v) is 3.36. The molecule has 8 heteroatoms. The highest BCUT2D eigenvalue weighted by Gasteiger charge is 2.09. The lowest BCUT2D eigenvalue weighted by Crippen LogP contribution is -2.16. The summed E-state index contributed by atoms with van der Waals surface area (Å²) in [5.41, 5.74) is 0.681. The van der Waals surface area contributed by atoms with E-state index >= 15 is 0 Å². The molecule has 0 unspecified atom stereocenters. The number of carbonyl (C=O) groups is 2. The fourth-order valence-corrected chi connectivity index (χ4v) is 2.12. The monoisotopic (exact) mass is 321 g/mol. The smallest absolute Gasteiger partial charge is 0.316 e. The maximum absolute atomic E-state index is 11.6. The van der Waals surface area contributed by atoms with E-state index in [-0.39, 0.29) is 30.0 Å². The van der Waals surface area contributed by atoms with Crippen LogP contribution in [0.1, 0.15) is 11.5 Å². The van der Waals surface area contributed by atoms with Gasteiger partial charge in [0.1, 0.15) is 12.4 Å². The number of nitrogens with zero attached hydrogens (tertiary/aromatic N) is 2. The number of anilines is 1. The maximum atomic E-state index is 11.6. The van der Waals surface area contributed by atoms with E-state index in [9.17, 15) is 9.59 Å². The summed E-state index contributed by atoms with van der Waals surface area (Å²) in [5.74, 6) is 0.557. The molecule has 0 saturated heterocycles. The van der Waals surface area contributed by atoms with Crippen LogP contribution in [0.25, 0.3) is 0 Å². The molecule has 0 fully saturated rings. The number of rotatable bonds is 7. The van der Waals surface area contributed by atoms with Crippen LogP contribution in [-0.2, 0) is 20.9 Å². The molecule has 2 aromatic heterocycles. The van der Waals surface area contributed by atoms with Crippen LogP contribution in [0, 0.1) is 6.92 Å². The van der Waals surface area contributed by atoms with Crippen LogP contribution in [0.2, 0.25) is 0 Å². The minimum Gasteiger partial charge on any atom is -0.459 e. The number of esters is 1. The highest BCUT2D eigenvalue weighted by atomic mass is 32.2. The summed E-state index contributed by atoms with van der Waals surface area (Å²) >= 11 is 1.17. The summed E-state index contributed by atoms with van der Waals surface area (Å²) in [6.45, 7) is 1.86. The Labute approximate surface area is 131 Å². The second kappa shape index (κ2) is 8.18. The Bertz CT molecular complexity index is 630. The van der Waals surface area contributed by atoms with E-state index in [4.69, 9.17) is 9.26 Å². The van der Waals surface area contributed by atoms with Gasteiger partial charge in [-0.1, -0.05) is 11.2 Å². The first-order chi connectivity index (χ1) is 10.6. The van der Waals surface area contributed by atoms with E-state index in [1.807, 2.05) is 6.07 Å². The zero-order valence-corrected chi connectivity index (χ0v) is 12.8. The van der Waals surface area contributed by atoms with Crippen molar-refractivity contribution in [2.45, 2.75) is 13.5 Å². The zero-order valence-electron chi connectivity index (χ0n) is 11.9. The molecule has 116 valence electrons. The predicted molar refractivity (Wildman–Crippen MR) is 81.2 cm³/mol. The highest BCUT2D eigenvalue weighted by molar-refractivity contribution is 8.00. The Morgan fingerprint density at radius 1 is 1.36 bits per heavy atom. The summed E-state index contributed by atoms with van der Waals surface area (Å²) in [4.78, 5) is 27.2. The van der Waals surface area contributed by atoms with E-state index in [0.29, 0.717) is 17.3 Å². The largest absolute Gasteiger partial charge is 0.459 e. The van der Waals surface area contributed by atoms with Gasteiger partial charge in [-0.3, -0.25) is 14.6 Å². The molecule has 2 aromatic rings. The van der Waals surface area contributed by atoms with Gasteiger partial charge in [0.15, 0.2) is 5.82 Å². The minimum absolute atomic E-state index is 0.0953. The van der Waals surface area contributed by atoms with E-state index in [1.165, 1.54) is 11.8 Å². The SMILES string of the molecule is Cc1cc(NC(=O)CSCC(=O)OCc2ccccn2)no1. The second-order valence-electron chi connectivity index (χ2n) is 4.35. The molecule has 0 aliphatic carbocycles. The van der Waals surface area contributed by atoms with Crippen LogP contribution in [0.15, 0.2) is 35.0 Å². The van der Waals surface area contributed by atoms with Gasteiger partial charge in [-0.25, -0.2) is 0 Å². The lowest BCUT2D eigenvalue weighted by atomic mass is 10.4. The van der Waals surface area contributed by atoms with Gasteiger partial charge in [0.25, 0.3) is 0 Å². The standard InChI is InChI=1S/C14H15N3O4S/c1-10-6-12(17-21-10)16-13(18)8-22-9-14(19)20-7-11-4-2-3-5-15-11/h2-6H,7-9H2,1H3,(H,16,17,18). The van der Waals surface area contributed by atoms with Crippen molar-refractivity contribution in [2.75, 3.05) is 16.8 Å². The van der Waals surface area contributed by atoms with Gasteiger partial charge in [-0.05, 0) is 19.1 Å². The number of hydrogen-bond donors (Lipinski definition) is 1. The topological polar surface area (TPSA) is 94.3 Å². The van der Waals surface area contributed by atoms with Crippen LogP contribution in [0.3, 0.4) is 0 Å². The highest BCUT2D eigenvalue weighted by Crippen LogP contribution is 2.09. The number of nitrogens with one attached hydrogen (secondary N) is 1. The minimum atomic E-state index is -0.388. The molecule has 1 N–H and O–H groups in total. The lowest BCUT2D eigenvalue weighted by molar-refractivity contribution is -0.141. The van der Waals surface area contributed by atoms with Crippen molar-refractivity contribution >= 4 is 29.5 Å². The first-order valence-corrected chi connectivity index (χ1v) is 7.65. The molecule has 0 atom stereocenters. The summed E-state index contributed by atoms with van der Waals surface area (Å²) in [7, 11) is 0. The first kappa shape index (κ1) is 16.0. The predicted octanol–water partition coefficient (Wildman–Crippen LogP) is 1.79. The Kier molecular flexibility index (Phi) is 5.96. The molecule has 2 rings (SSSR count). The van der Waals surface area contributed by atoms with Crippen LogP contribution in [-0.4, -0.2) is 33.5 Å². The fourth-order valence-electron chi connectivity index (χ4n) is 1.51. The van der Waals surface area contributed by atoms with Crippen molar-refractivity contribution in [1.29, 1.82) is 0 Å². The summed E-state index contributed by atoms with van der Waals surface area (Å²) in [6, 6.07) is 6.99. The summed E-state index contributed by atoms with van der Waals surface area (Å²) in [6.07, 6.45) is 1.63. The average molecular weight is 321 g/mol. The van der Waals surface area contributed by atoms with Crippen LogP contribution < -0.4 is 5.32 Å². The number of carbonyl (C=O) groups excluding carboxylic acids is 2. The van der Waals surface area contributed by atoms with Crippen LogP contribution >= 0.6 is 11.8 Å². The van der Waals surface area contributed by atoms with Gasteiger partial charge >= 0.3 is 5.97 Å². The molecule has 2 heterocycles. The van der Waals surface area contributed by atoms with Crippen molar-refractivity contribution in [3.63, 3.8) is 0 Å². The van der Waals surface area contributed by atoms with Gasteiger partial charge in [-0.15, -0.1) is 11.8 Å². The number of amides is 1. The second-order valence-corrected chi connectivity index (χ2v) is 5.33. The van der Waals surface area contributed by atoms with Gasteiger partial charge in [0.05, 0.1) is 17.2 Å². The molecule has 0 radical (unpaired) electrons. The molecule has 0 saturated carbocycles. The summed E-state index contributed by atoms with van der Waals surface area (Å²) < 4.78 is 9.88. The fraction of sp³-hybridized carbons (Fsp3) is 0.286. The molecule has 7 nitrogen and oxygen atoms in total. The molecular weight excluding hydrogens is 306 g/mol. The number of ether oxygens (including phenoxy) is 1. The van der Waals surface area contributed by atoms with E-state index in [1.54, 1.807) is 31.3 Å². The molecule has 0 bridgehead atoms. The first-order valence-electron chi connectivity index (χ1n) is 6.50. The van der Waals surface area contributed by atoms with Crippen LogP contribution in [0.4, 0.5) is 5.82 Å². The molecule has 0 aliphatic heterocycles. The zero-order chi connectivity index (χ0) is 15.8. The van der Waals surface area contributed by atoms with Gasteiger partial charge in [-0.2, -0.15) is 0 Å². The number of aromatic nitrogens is 2. The van der Waals surface area contributed by atoms with E-state index < -0.39 is 0 Å². The molecule has 0 aromatic carbocycles. The van der Waals surface area contributed by atoms with Crippen molar-refractivity contribution in [3.8, 4) is 0 Å². The van der Waals surface area contributed by atoms with Crippen molar-refractivity contribution in [1.82, 2.24) is 10.1 Å². The maximum Gasteiger partial charge on any atom is 0.316 e. The normalized spacial score (nSPS) is 10.2. The summed E-state index contributed by atoms with van der Waals surface area (Å²) in [5, 5.41) is 6.21. The van der Waals surface area contributed by atoms with Gasteiger partial charge in [0.2, 0.25) is 5.91 Å². The number of hydrogen-bond acceptors (Lipinski definition) is 7. The van der Waals surface area contributed by atoms with Crippen molar-refractivity contribution < 1.29 is 18.8 Å². The molecular formula is C14H15N3O4S. The molecule has 0 aliphatic rings. The quantitative estimate of drug-likeness (QED) is 0.777. The number of aryl methyl sites for hydroxylation is 1. The van der Waals surface area contributed by atoms with E-state index in [0.717, 1.165) is 0 Å². The molecule has 1 amide bonds. The van der Waals surface area contributed by atoms with Gasteiger partial charge in [0, 0.05) is 12.3 Å². The average Bonchev–Trinajstić information content (AvgIpc) is 2.91. The Morgan fingerprint density at radius 2 is 2.23 bits per heavy atom. The molecule has 22 heavy (non-hydrogen) atoms. The van der Waals surface area contributed by atoms with Crippen molar-refractivity contribution in [3.05, 3.63) is 41.9 Å². The van der Waals surface area contributed by atoms with Crippen LogP contribution in [0.5, 0.6) is 0 Å². The Hall–Kier alpha value is -2.35. The van der Waals surface area contributed by atoms with Crippen molar-refractivity contribution in [2.24, 2.45) is 0 Å².